The van der Waals surface area contributed by atoms with Crippen molar-refractivity contribution in [3.8, 4) is 0 Å². The molecule has 0 aliphatic heterocycles. The molecule has 0 spiro atoms. The first-order valence-electron chi connectivity index (χ1n) is 0.667. The molecule has 0 aromatic rings. The van der Waals surface area contributed by atoms with Gasteiger partial charge in [0.05, 0.1) is 0 Å². The van der Waals surface area contributed by atoms with Crippen molar-refractivity contribution in [2.45, 2.75) is 0 Å². The van der Waals surface area contributed by atoms with Gasteiger partial charge in [-0.1, -0.05) is 0 Å². The molecule has 48 valence electrons. The lowest BCUT2D eigenvalue weighted by molar-refractivity contribution is 0.352. The Morgan fingerprint density at radius 2 is 1.00 bits per heavy atom. The van der Waals surface area contributed by atoms with Crippen molar-refractivity contribution in [1.29, 1.82) is 0 Å². The summed E-state index contributed by atoms with van der Waals surface area (Å²) in [7, 11) is -5.17. The second-order valence-corrected chi connectivity index (χ2v) is 1.22. The third kappa shape index (κ3) is 1890. The second kappa shape index (κ2) is 3.96. The molecule has 0 aromatic carbocycles. The minimum Gasteiger partial charge on any atom is -0.759 e. The molecule has 0 bridgehead atoms. The first-order chi connectivity index (χ1) is 2.00. The van der Waals surface area contributed by atoms with Crippen LogP contribution in [0.15, 0.2) is 0 Å². The molecule has 0 aliphatic rings. The smallest absolute Gasteiger partial charge is 0.0311 e. The van der Waals surface area contributed by atoms with Gasteiger partial charge in [0, 0.05) is 10.4 Å². The van der Waals surface area contributed by atoms with Crippen LogP contribution in [0.3, 0.4) is 0 Å². The summed E-state index contributed by atoms with van der Waals surface area (Å²) < 4.78 is 34.1. The Balaban J connectivity index is -0.0000000800. The van der Waals surface area contributed by atoms with E-state index in [-0.39, 0.29) is 11.0 Å². The highest BCUT2D eigenvalue weighted by molar-refractivity contribution is 7.79. The van der Waals surface area contributed by atoms with Crippen LogP contribution in [0.4, 0.5) is 0 Å². The molecule has 0 aromatic heterocycles. The molecule has 0 aliphatic carbocycles. The summed E-state index contributed by atoms with van der Waals surface area (Å²) in [6, 6.07) is 0. The maximum atomic E-state index is 8.52. The first-order valence-corrected chi connectivity index (χ1v) is 2.00. The molecule has 7 heteroatoms. The summed E-state index contributed by atoms with van der Waals surface area (Å²) >= 11 is 0. The Bertz CT molecular complexity index is 87.3. The fraction of sp³-hybridized carbons (Fsp3) is 0. The Morgan fingerprint density at radius 3 is 1.00 bits per heavy atom. The van der Waals surface area contributed by atoms with Crippen LogP contribution in [0.1, 0.15) is 0 Å². The molecule has 0 saturated heterocycles. The molecule has 0 rings (SSSR count). The Kier molecular flexibility index (Phi) is 8.97. The van der Waals surface area contributed by atoms with Crippen LogP contribution in [0.5, 0.6) is 0 Å². The summed E-state index contributed by atoms with van der Waals surface area (Å²) in [5.74, 6) is 0. The van der Waals surface area contributed by atoms with E-state index in [9.17, 15) is 0 Å². The van der Waals surface area contributed by atoms with E-state index in [1.54, 1.807) is 0 Å². The van der Waals surface area contributed by atoms with E-state index >= 15 is 0 Å². The molecule has 0 saturated carbocycles. The van der Waals surface area contributed by atoms with E-state index in [1.165, 1.54) is 0 Å². The molecule has 7 heavy (non-hydrogen) atoms. The van der Waals surface area contributed by atoms with Crippen molar-refractivity contribution in [2.24, 2.45) is 0 Å². The van der Waals surface area contributed by atoms with Gasteiger partial charge in [-0.2, -0.15) is 0 Å². The zero-order valence-corrected chi connectivity index (χ0v) is 3.86. The van der Waals surface area contributed by atoms with Crippen molar-refractivity contribution in [3.05, 3.63) is 0 Å². The van der Waals surface area contributed by atoms with E-state index in [1.807, 2.05) is 0 Å². The Morgan fingerprint density at radius 1 is 1.00 bits per heavy atom. The monoisotopic (exact) mass is 132 g/mol. The van der Waals surface area contributed by atoms with E-state index in [4.69, 9.17) is 17.5 Å². The van der Waals surface area contributed by atoms with Crippen molar-refractivity contribution in [3.63, 3.8) is 0 Å². The molecular formula is H4O6S-2. The lowest BCUT2D eigenvalue weighted by atomic mass is 15.8. The van der Waals surface area contributed by atoms with E-state index < -0.39 is 10.4 Å². The number of rotatable bonds is 0. The van der Waals surface area contributed by atoms with E-state index in [0.29, 0.717) is 0 Å². The zero-order chi connectivity index (χ0) is 4.50. The molecule has 6 nitrogen and oxygen atoms in total. The average molecular weight is 132 g/mol. The van der Waals surface area contributed by atoms with Crippen LogP contribution < -0.4 is 0 Å². The zero-order valence-electron chi connectivity index (χ0n) is 3.04. The highest BCUT2D eigenvalue weighted by atomic mass is 32.3. The molecule has 4 N–H and O–H groups in total. The van der Waals surface area contributed by atoms with Gasteiger partial charge in [0.2, 0.25) is 0 Å². The van der Waals surface area contributed by atoms with Crippen molar-refractivity contribution in [1.82, 2.24) is 0 Å². The van der Waals surface area contributed by atoms with Gasteiger partial charge in [-0.25, -0.2) is 0 Å². The summed E-state index contributed by atoms with van der Waals surface area (Å²) in [5.41, 5.74) is 0. The highest BCUT2D eigenvalue weighted by Crippen LogP contribution is 1.57. The summed E-state index contributed by atoms with van der Waals surface area (Å²) in [6.45, 7) is 0. The van der Waals surface area contributed by atoms with Gasteiger partial charge < -0.3 is 20.1 Å². The third-order valence-electron chi connectivity index (χ3n) is 0. The molecule has 0 atom stereocenters. The lowest BCUT2D eigenvalue weighted by Gasteiger charge is -2.06. The second-order valence-electron chi connectivity index (χ2n) is 0.408. The van der Waals surface area contributed by atoms with Gasteiger partial charge >= 0.3 is 0 Å². The fourth-order valence-corrected chi connectivity index (χ4v) is 0. The minimum atomic E-state index is -5.17. The first kappa shape index (κ1) is 15.8. The normalized spacial score (nSPS) is 8.29. The predicted octanol–water partition coefficient (Wildman–Crippen LogP) is -2.99. The third-order valence-corrected chi connectivity index (χ3v) is 0. The summed E-state index contributed by atoms with van der Waals surface area (Å²) in [5, 5.41) is 0. The van der Waals surface area contributed by atoms with E-state index in [0.717, 1.165) is 0 Å². The quantitative estimate of drug-likeness (QED) is 0.255. The highest BCUT2D eigenvalue weighted by Gasteiger charge is 1.49. The van der Waals surface area contributed by atoms with Crippen LogP contribution in [0, 0.1) is 0 Å². The molecule has 0 unspecified atom stereocenters. The SMILES string of the molecule is O.O.O=S(=O)([O-])[O-]. The van der Waals surface area contributed by atoms with Gasteiger partial charge in [0.25, 0.3) is 0 Å². The van der Waals surface area contributed by atoms with Gasteiger partial charge in [0.15, 0.2) is 0 Å². The summed E-state index contributed by atoms with van der Waals surface area (Å²) in [4.78, 5) is 0. The van der Waals surface area contributed by atoms with Gasteiger partial charge in [-0.05, 0) is 0 Å². The maximum Gasteiger partial charge on any atom is 0.0311 e. The predicted molar refractivity (Wildman–Crippen MR) is 17.7 cm³/mol. The van der Waals surface area contributed by atoms with Crippen LogP contribution in [-0.4, -0.2) is 28.5 Å². The van der Waals surface area contributed by atoms with Gasteiger partial charge in [0.1, 0.15) is 0 Å². The van der Waals surface area contributed by atoms with Crippen molar-refractivity contribution >= 4 is 10.4 Å². The molecule has 0 heterocycles. The molecule has 0 amide bonds. The Hall–Kier alpha value is -0.210. The number of hydrogen-bond donors (Lipinski definition) is 0. The van der Waals surface area contributed by atoms with Crippen LogP contribution in [-0.2, 0) is 10.4 Å². The average Bonchev–Trinajstić information content (AvgIpc) is 0.722. The maximum absolute atomic E-state index is 8.52. The van der Waals surface area contributed by atoms with Crippen LogP contribution in [0.2, 0.25) is 0 Å². The Labute approximate surface area is 40.0 Å². The topological polar surface area (TPSA) is 143 Å². The van der Waals surface area contributed by atoms with Crippen molar-refractivity contribution < 1.29 is 28.5 Å². The standard InChI is InChI=1S/H2O4S.2H2O/c1-5(2,3)4;;/h(H2,1,2,3,4);2*1H2/p-2. The lowest BCUT2D eigenvalue weighted by Crippen LogP contribution is -1.91. The number of hydrogen-bond acceptors (Lipinski definition) is 4. The van der Waals surface area contributed by atoms with E-state index in [2.05, 4.69) is 0 Å². The minimum absolute atomic E-state index is 0. The summed E-state index contributed by atoms with van der Waals surface area (Å²) in [6.07, 6.45) is 0. The van der Waals surface area contributed by atoms with Crippen molar-refractivity contribution in [2.75, 3.05) is 0 Å². The van der Waals surface area contributed by atoms with Crippen LogP contribution >= 0.6 is 0 Å². The fourth-order valence-electron chi connectivity index (χ4n) is 0. The van der Waals surface area contributed by atoms with Gasteiger partial charge in [-0.3, -0.25) is 8.42 Å². The largest absolute Gasteiger partial charge is 0.759 e. The molecular weight excluding hydrogens is 128 g/mol. The van der Waals surface area contributed by atoms with Gasteiger partial charge in [-0.15, -0.1) is 0 Å². The molecule has 0 radical (unpaired) electrons. The molecule has 0 fully saturated rings. The van der Waals surface area contributed by atoms with Crippen LogP contribution in [0.25, 0.3) is 0 Å².